The molecule has 2 rings (SSSR count). The Balaban J connectivity index is 1.86. The average molecular weight is 273 g/mol. The highest BCUT2D eigenvalue weighted by Crippen LogP contribution is 2.26. The lowest BCUT2D eigenvalue weighted by Gasteiger charge is -2.46. The number of nitrogens with two attached hydrogens (primary N) is 1. The highest BCUT2D eigenvalue weighted by atomic mass is 32.1. The van der Waals surface area contributed by atoms with E-state index in [0.717, 1.165) is 13.1 Å². The molecule has 2 aliphatic heterocycles. The molecule has 4 atom stereocenters. The Hall–Kier alpha value is 0.150. The maximum atomic E-state index is 5.98. The van der Waals surface area contributed by atoms with Crippen LogP contribution in [0, 0.1) is 0 Å². The maximum absolute atomic E-state index is 5.98. The van der Waals surface area contributed by atoms with Gasteiger partial charge < -0.3 is 5.73 Å². The van der Waals surface area contributed by atoms with Crippen molar-refractivity contribution in [2.24, 2.45) is 5.73 Å². The Morgan fingerprint density at radius 2 is 2.06 bits per heavy atom. The average Bonchev–Trinajstić information content (AvgIpc) is 2.73. The fourth-order valence-corrected chi connectivity index (χ4v) is 3.57. The fourth-order valence-electron chi connectivity index (χ4n) is 3.05. The van der Waals surface area contributed by atoms with E-state index < -0.39 is 0 Å². The molecule has 0 aromatic heterocycles. The Labute approximate surface area is 115 Å². The topological polar surface area (TPSA) is 74.1 Å². The van der Waals surface area contributed by atoms with E-state index in [4.69, 9.17) is 5.73 Å². The minimum atomic E-state index is -0.188. The number of hydrogen-bond donors (Lipinski definition) is 6. The monoisotopic (exact) mass is 273 g/mol. The molecule has 0 saturated carbocycles. The van der Waals surface area contributed by atoms with E-state index in [1.807, 2.05) is 0 Å². The second-order valence-corrected chi connectivity index (χ2v) is 5.96. The van der Waals surface area contributed by atoms with Crippen molar-refractivity contribution in [2.45, 2.75) is 68.8 Å². The first kappa shape index (κ1) is 14.6. The normalized spacial score (nSPS) is 39.8. The molecule has 2 fully saturated rings. The third-order valence-corrected chi connectivity index (χ3v) is 4.46. The van der Waals surface area contributed by atoms with Gasteiger partial charge in [-0.05, 0) is 6.42 Å². The molecule has 6 heteroatoms. The molecule has 0 aliphatic carbocycles. The summed E-state index contributed by atoms with van der Waals surface area (Å²) in [6.07, 6.45) is 7.40. The van der Waals surface area contributed by atoms with Crippen LogP contribution >= 0.6 is 12.6 Å². The van der Waals surface area contributed by atoms with E-state index in [1.165, 1.54) is 32.1 Å². The lowest BCUT2D eigenvalue weighted by atomic mass is 9.92. The summed E-state index contributed by atoms with van der Waals surface area (Å²) in [4.78, 5) is 0. The van der Waals surface area contributed by atoms with Crippen LogP contribution in [-0.2, 0) is 0 Å². The molecule has 6 N–H and O–H groups in total. The summed E-state index contributed by atoms with van der Waals surface area (Å²) in [5.41, 5.74) is 5.89. The molecule has 0 amide bonds. The molecule has 4 unspecified atom stereocenters. The smallest absolute Gasteiger partial charge is 0.111 e. The van der Waals surface area contributed by atoms with Crippen LogP contribution in [0.3, 0.4) is 0 Å². The van der Waals surface area contributed by atoms with Gasteiger partial charge in [0.2, 0.25) is 0 Å². The van der Waals surface area contributed by atoms with Crippen LogP contribution in [0.1, 0.15) is 45.4 Å². The van der Waals surface area contributed by atoms with E-state index in [-0.39, 0.29) is 23.4 Å². The Bertz CT molecular complexity index is 265. The number of rotatable bonds is 6. The summed E-state index contributed by atoms with van der Waals surface area (Å²) in [7, 11) is 0. The second kappa shape index (κ2) is 6.54. The molecule has 0 spiro atoms. The summed E-state index contributed by atoms with van der Waals surface area (Å²) in [5, 5.41) is 13.7. The molecule has 2 saturated heterocycles. The van der Waals surface area contributed by atoms with Gasteiger partial charge in [0.15, 0.2) is 0 Å². The number of thiol groups is 1. The van der Waals surface area contributed by atoms with Crippen molar-refractivity contribution >= 4 is 12.6 Å². The molecule has 2 heterocycles. The number of unbranched alkanes of at least 4 members (excludes halogenated alkanes) is 4. The van der Waals surface area contributed by atoms with Crippen molar-refractivity contribution in [3.05, 3.63) is 0 Å². The van der Waals surface area contributed by atoms with Gasteiger partial charge in [-0.1, -0.05) is 39.0 Å². The Morgan fingerprint density at radius 3 is 2.83 bits per heavy atom. The fraction of sp³-hybridized carbons (Fsp3) is 1.00. The molecule has 18 heavy (non-hydrogen) atoms. The molecule has 5 nitrogen and oxygen atoms in total. The van der Waals surface area contributed by atoms with E-state index >= 15 is 0 Å². The standard InChI is InChI=1S/C12H27N5S/c1-2-3-4-5-6-7-12-9(14-8-15-12)10(18)16-11(13)17-12/h9-11,14-18H,2-8,13H2,1H3. The Kier molecular flexibility index (Phi) is 5.29. The van der Waals surface area contributed by atoms with Crippen molar-refractivity contribution in [2.75, 3.05) is 6.67 Å². The molecule has 0 aromatic carbocycles. The van der Waals surface area contributed by atoms with Crippen molar-refractivity contribution in [3.63, 3.8) is 0 Å². The van der Waals surface area contributed by atoms with Crippen molar-refractivity contribution < 1.29 is 0 Å². The highest BCUT2D eigenvalue weighted by Gasteiger charge is 2.49. The summed E-state index contributed by atoms with van der Waals surface area (Å²) >= 11 is 4.59. The van der Waals surface area contributed by atoms with Gasteiger partial charge in [0.25, 0.3) is 0 Å². The van der Waals surface area contributed by atoms with E-state index in [2.05, 4.69) is 40.8 Å². The van der Waals surface area contributed by atoms with Gasteiger partial charge in [0.1, 0.15) is 6.29 Å². The lowest BCUT2D eigenvalue weighted by Crippen LogP contribution is -2.77. The first-order valence-electron chi connectivity index (χ1n) is 7.14. The first-order chi connectivity index (χ1) is 8.68. The summed E-state index contributed by atoms with van der Waals surface area (Å²) in [6, 6.07) is 0.284. The van der Waals surface area contributed by atoms with E-state index in [0.29, 0.717) is 0 Å². The van der Waals surface area contributed by atoms with Crippen molar-refractivity contribution in [3.8, 4) is 0 Å². The van der Waals surface area contributed by atoms with Gasteiger partial charge in [0.05, 0.1) is 17.1 Å². The SMILES string of the molecule is CCCCCCCC12NCNC1C(S)NC(N)N2. The van der Waals surface area contributed by atoms with Gasteiger partial charge in [0, 0.05) is 6.67 Å². The Morgan fingerprint density at radius 1 is 1.28 bits per heavy atom. The van der Waals surface area contributed by atoms with E-state index in [9.17, 15) is 0 Å². The predicted octanol–water partition coefficient (Wildman–Crippen LogP) is 0.253. The highest BCUT2D eigenvalue weighted by molar-refractivity contribution is 7.81. The zero-order valence-corrected chi connectivity index (χ0v) is 12.1. The van der Waals surface area contributed by atoms with Crippen LogP contribution in [0.5, 0.6) is 0 Å². The zero-order chi connectivity index (χ0) is 13.0. The van der Waals surface area contributed by atoms with Gasteiger partial charge >= 0.3 is 0 Å². The minimum absolute atomic E-state index is 0.0897. The van der Waals surface area contributed by atoms with Gasteiger partial charge in [-0.2, -0.15) is 12.6 Å². The third-order valence-electron chi connectivity index (χ3n) is 4.01. The minimum Gasteiger partial charge on any atom is -0.304 e. The second-order valence-electron chi connectivity index (χ2n) is 5.40. The third kappa shape index (κ3) is 3.18. The molecule has 2 aliphatic rings. The zero-order valence-electron chi connectivity index (χ0n) is 11.2. The molecule has 0 radical (unpaired) electrons. The van der Waals surface area contributed by atoms with Gasteiger partial charge in [-0.25, -0.2) is 0 Å². The van der Waals surface area contributed by atoms with Crippen LogP contribution in [0.15, 0.2) is 0 Å². The molecule has 0 aromatic rings. The van der Waals surface area contributed by atoms with Crippen molar-refractivity contribution in [1.82, 2.24) is 21.3 Å². The van der Waals surface area contributed by atoms with Crippen LogP contribution in [-0.4, -0.2) is 30.0 Å². The molecule has 0 bridgehead atoms. The lowest BCUT2D eigenvalue weighted by molar-refractivity contribution is 0.137. The molecular formula is C12H27N5S. The summed E-state index contributed by atoms with van der Waals surface area (Å²) in [6.45, 7) is 3.06. The maximum Gasteiger partial charge on any atom is 0.111 e. The first-order valence-corrected chi connectivity index (χ1v) is 7.65. The van der Waals surface area contributed by atoms with Crippen LogP contribution < -0.4 is 27.0 Å². The predicted molar refractivity (Wildman–Crippen MR) is 78.1 cm³/mol. The number of hydrogen-bond acceptors (Lipinski definition) is 6. The quantitative estimate of drug-likeness (QED) is 0.309. The van der Waals surface area contributed by atoms with Crippen LogP contribution in [0.25, 0.3) is 0 Å². The van der Waals surface area contributed by atoms with Crippen molar-refractivity contribution in [1.29, 1.82) is 0 Å². The van der Waals surface area contributed by atoms with Crippen LogP contribution in [0.4, 0.5) is 0 Å². The summed E-state index contributed by atoms with van der Waals surface area (Å²) in [5.74, 6) is 0. The van der Waals surface area contributed by atoms with Crippen LogP contribution in [0.2, 0.25) is 0 Å². The number of fused-ring (bicyclic) bond motifs is 1. The van der Waals surface area contributed by atoms with Gasteiger partial charge in [-0.15, -0.1) is 0 Å². The largest absolute Gasteiger partial charge is 0.304 e. The number of nitrogens with one attached hydrogen (secondary N) is 4. The molecule has 106 valence electrons. The molecular weight excluding hydrogens is 246 g/mol. The van der Waals surface area contributed by atoms with Gasteiger partial charge in [-0.3, -0.25) is 21.3 Å². The summed E-state index contributed by atoms with van der Waals surface area (Å²) < 4.78 is 0. The van der Waals surface area contributed by atoms with E-state index in [1.54, 1.807) is 0 Å².